The first-order valence-corrected chi connectivity index (χ1v) is 7.77. The number of nitrogens with one attached hydrogen (secondary N) is 2. The molecular formula is C15H31N3O2. The van der Waals surface area contributed by atoms with Crippen LogP contribution in [-0.2, 0) is 4.79 Å². The molecule has 0 unspecified atom stereocenters. The zero-order valence-electron chi connectivity index (χ0n) is 13.5. The summed E-state index contributed by atoms with van der Waals surface area (Å²) in [5.41, 5.74) is -0.681. The lowest BCUT2D eigenvalue weighted by molar-refractivity contribution is -0.132. The molecular weight excluding hydrogens is 254 g/mol. The van der Waals surface area contributed by atoms with Crippen LogP contribution < -0.4 is 10.6 Å². The molecule has 5 heteroatoms. The van der Waals surface area contributed by atoms with Crippen molar-refractivity contribution in [2.75, 3.05) is 39.3 Å². The maximum Gasteiger partial charge on any atom is 0.239 e. The van der Waals surface area contributed by atoms with Gasteiger partial charge in [0.2, 0.25) is 5.91 Å². The summed E-state index contributed by atoms with van der Waals surface area (Å²) in [5, 5.41) is 15.9. The number of piperazine rings is 1. The first-order valence-electron chi connectivity index (χ1n) is 7.77. The Hall–Kier alpha value is -0.650. The van der Waals surface area contributed by atoms with Crippen molar-refractivity contribution in [2.45, 2.75) is 46.1 Å². The fourth-order valence-electron chi connectivity index (χ4n) is 2.63. The zero-order valence-corrected chi connectivity index (χ0v) is 13.5. The van der Waals surface area contributed by atoms with Gasteiger partial charge < -0.3 is 15.7 Å². The van der Waals surface area contributed by atoms with Crippen LogP contribution in [0, 0.1) is 5.41 Å². The van der Waals surface area contributed by atoms with E-state index in [0.717, 1.165) is 39.0 Å². The molecule has 3 N–H and O–H groups in total. The van der Waals surface area contributed by atoms with Gasteiger partial charge in [-0.05, 0) is 26.7 Å². The number of hydrogen-bond acceptors (Lipinski definition) is 4. The van der Waals surface area contributed by atoms with E-state index in [4.69, 9.17) is 0 Å². The largest absolute Gasteiger partial charge is 0.396 e. The molecule has 1 aliphatic heterocycles. The number of carbonyl (C=O) groups is 1. The van der Waals surface area contributed by atoms with E-state index in [0.29, 0.717) is 6.54 Å². The Kier molecular flexibility index (Phi) is 6.43. The second-order valence-corrected chi connectivity index (χ2v) is 6.34. The highest BCUT2D eigenvalue weighted by Crippen LogP contribution is 2.25. The van der Waals surface area contributed by atoms with E-state index in [1.165, 1.54) is 0 Å². The average molecular weight is 285 g/mol. The molecule has 0 radical (unpaired) electrons. The molecule has 0 bridgehead atoms. The molecule has 0 aromatic heterocycles. The van der Waals surface area contributed by atoms with E-state index in [-0.39, 0.29) is 17.9 Å². The average Bonchev–Trinajstić information content (AvgIpc) is 2.49. The van der Waals surface area contributed by atoms with Crippen LogP contribution in [0.5, 0.6) is 0 Å². The Morgan fingerprint density at radius 3 is 2.25 bits per heavy atom. The van der Waals surface area contributed by atoms with Gasteiger partial charge in [-0.1, -0.05) is 13.8 Å². The minimum Gasteiger partial charge on any atom is -0.396 e. The van der Waals surface area contributed by atoms with Gasteiger partial charge in [0.1, 0.15) is 0 Å². The number of nitrogens with zero attached hydrogens (tertiary/aromatic N) is 1. The fourth-order valence-corrected chi connectivity index (χ4v) is 2.63. The Morgan fingerprint density at radius 2 is 1.80 bits per heavy atom. The van der Waals surface area contributed by atoms with Gasteiger partial charge in [0.25, 0.3) is 0 Å². The quantitative estimate of drug-likeness (QED) is 0.640. The first kappa shape index (κ1) is 17.4. The molecule has 0 aliphatic carbocycles. The van der Waals surface area contributed by atoms with Gasteiger partial charge in [0.05, 0.1) is 12.1 Å². The summed E-state index contributed by atoms with van der Waals surface area (Å²) in [5.74, 6) is 0.0547. The lowest BCUT2D eigenvalue weighted by Crippen LogP contribution is -2.60. The molecule has 1 saturated heterocycles. The van der Waals surface area contributed by atoms with Crippen molar-refractivity contribution in [3.05, 3.63) is 0 Å². The molecule has 0 spiro atoms. The van der Waals surface area contributed by atoms with Crippen molar-refractivity contribution in [1.82, 2.24) is 15.5 Å². The van der Waals surface area contributed by atoms with Crippen molar-refractivity contribution >= 4 is 5.91 Å². The van der Waals surface area contributed by atoms with Gasteiger partial charge in [-0.3, -0.25) is 9.69 Å². The molecule has 20 heavy (non-hydrogen) atoms. The number of hydrogen-bond donors (Lipinski definition) is 3. The van der Waals surface area contributed by atoms with Crippen LogP contribution in [0.15, 0.2) is 0 Å². The predicted octanol–water partition coefficient (Wildman–Crippen LogP) is 0.585. The number of amides is 1. The molecule has 1 amide bonds. The molecule has 0 atom stereocenters. The molecule has 1 heterocycles. The third-order valence-corrected chi connectivity index (χ3v) is 4.92. The monoisotopic (exact) mass is 285 g/mol. The summed E-state index contributed by atoms with van der Waals surface area (Å²) in [4.78, 5) is 14.7. The summed E-state index contributed by atoms with van der Waals surface area (Å²) >= 11 is 0. The van der Waals surface area contributed by atoms with Crippen LogP contribution in [0.3, 0.4) is 0 Å². The molecule has 1 rings (SSSR count). The summed E-state index contributed by atoms with van der Waals surface area (Å²) in [7, 11) is 0. The van der Waals surface area contributed by atoms with Crippen LogP contribution in [0.25, 0.3) is 0 Å². The van der Waals surface area contributed by atoms with Gasteiger partial charge >= 0.3 is 0 Å². The smallest absolute Gasteiger partial charge is 0.239 e. The molecule has 5 nitrogen and oxygen atoms in total. The van der Waals surface area contributed by atoms with E-state index in [1.54, 1.807) is 0 Å². The Balaban J connectivity index is 2.60. The molecule has 0 aromatic carbocycles. The first-order chi connectivity index (χ1) is 9.41. The lowest BCUT2D eigenvalue weighted by atomic mass is 9.83. The fraction of sp³-hybridized carbons (Fsp3) is 0.933. The third-order valence-electron chi connectivity index (χ3n) is 4.92. The normalized spacial score (nSPS) is 18.1. The molecule has 0 aromatic rings. The van der Waals surface area contributed by atoms with Gasteiger partial charge in [-0.25, -0.2) is 0 Å². The topological polar surface area (TPSA) is 64.6 Å². The van der Waals surface area contributed by atoms with E-state index in [1.807, 2.05) is 13.8 Å². The van der Waals surface area contributed by atoms with Crippen LogP contribution in [0.1, 0.15) is 40.5 Å². The number of aliphatic hydroxyl groups excluding tert-OH is 1. The third kappa shape index (κ3) is 3.93. The van der Waals surface area contributed by atoms with Crippen LogP contribution in [0.2, 0.25) is 0 Å². The molecule has 0 saturated carbocycles. The van der Waals surface area contributed by atoms with Gasteiger partial charge in [-0.2, -0.15) is 0 Å². The highest BCUT2D eigenvalue weighted by Gasteiger charge is 2.36. The van der Waals surface area contributed by atoms with Crippen LogP contribution >= 0.6 is 0 Å². The summed E-state index contributed by atoms with van der Waals surface area (Å²) in [6.07, 6.45) is 1.74. The van der Waals surface area contributed by atoms with Crippen LogP contribution in [0.4, 0.5) is 0 Å². The maximum absolute atomic E-state index is 12.5. The van der Waals surface area contributed by atoms with Crippen molar-refractivity contribution in [1.29, 1.82) is 0 Å². The predicted molar refractivity (Wildman–Crippen MR) is 81.6 cm³/mol. The Bertz CT molecular complexity index is 300. The molecule has 118 valence electrons. The van der Waals surface area contributed by atoms with E-state index < -0.39 is 5.54 Å². The minimum atomic E-state index is -0.495. The van der Waals surface area contributed by atoms with Crippen molar-refractivity contribution in [3.8, 4) is 0 Å². The number of carbonyl (C=O) groups excluding carboxylic acids is 1. The Morgan fingerprint density at radius 1 is 1.25 bits per heavy atom. The van der Waals surface area contributed by atoms with E-state index in [2.05, 4.69) is 29.4 Å². The zero-order chi connectivity index (χ0) is 15.2. The minimum absolute atomic E-state index is 0.0547. The maximum atomic E-state index is 12.5. The number of rotatable bonds is 7. The van der Waals surface area contributed by atoms with Gasteiger partial charge in [0, 0.05) is 38.1 Å². The van der Waals surface area contributed by atoms with E-state index >= 15 is 0 Å². The van der Waals surface area contributed by atoms with Crippen molar-refractivity contribution in [3.63, 3.8) is 0 Å². The van der Waals surface area contributed by atoms with Gasteiger partial charge in [0.15, 0.2) is 0 Å². The van der Waals surface area contributed by atoms with Crippen molar-refractivity contribution < 1.29 is 9.90 Å². The van der Waals surface area contributed by atoms with Crippen LogP contribution in [-0.4, -0.2) is 60.8 Å². The second-order valence-electron chi connectivity index (χ2n) is 6.34. The standard InChI is InChI=1S/C15H31N3O2/c1-5-15(6-2,12-19)11-17-13(20)14(3,4)18-9-7-16-8-10-18/h16,19H,5-12H2,1-4H3,(H,17,20). The summed E-state index contributed by atoms with van der Waals surface area (Å²) in [6.45, 7) is 12.4. The SMILES string of the molecule is CCC(CC)(CO)CNC(=O)C(C)(C)N1CCNCC1. The van der Waals surface area contributed by atoms with Crippen molar-refractivity contribution in [2.24, 2.45) is 5.41 Å². The summed E-state index contributed by atoms with van der Waals surface area (Å²) < 4.78 is 0. The lowest BCUT2D eigenvalue weighted by Gasteiger charge is -2.40. The highest BCUT2D eigenvalue weighted by molar-refractivity contribution is 5.85. The number of aliphatic hydroxyl groups is 1. The van der Waals surface area contributed by atoms with E-state index in [9.17, 15) is 9.90 Å². The Labute approximate surface area is 123 Å². The highest BCUT2D eigenvalue weighted by atomic mass is 16.3. The molecule has 1 aliphatic rings. The molecule has 1 fully saturated rings. The second kappa shape index (κ2) is 7.38. The van der Waals surface area contributed by atoms with Gasteiger partial charge in [-0.15, -0.1) is 0 Å². The summed E-state index contributed by atoms with van der Waals surface area (Å²) in [6, 6.07) is 0.